The minimum Gasteiger partial charge on any atom is -0.375 e. The number of sulfone groups is 1. The highest BCUT2D eigenvalue weighted by molar-refractivity contribution is 7.91. The van der Waals surface area contributed by atoms with Crippen LogP contribution in [0.3, 0.4) is 0 Å². The van der Waals surface area contributed by atoms with Gasteiger partial charge in [-0.3, -0.25) is 0 Å². The second kappa shape index (κ2) is 2.22. The van der Waals surface area contributed by atoms with Crippen LogP contribution in [0.1, 0.15) is 0 Å². The largest absolute Gasteiger partial charge is 0.375 e. The fourth-order valence-electron chi connectivity index (χ4n) is 1.08. The van der Waals surface area contributed by atoms with E-state index in [0.717, 1.165) is 5.00 Å². The van der Waals surface area contributed by atoms with E-state index in [-0.39, 0.29) is 5.75 Å². The Hall–Kier alpha value is -0.550. The topological polar surface area (TPSA) is 46.2 Å². The maximum Gasteiger partial charge on any atom is 0.183 e. The van der Waals surface area contributed by atoms with E-state index in [0.29, 0.717) is 11.4 Å². The van der Waals surface area contributed by atoms with E-state index < -0.39 is 9.84 Å². The van der Waals surface area contributed by atoms with Crippen LogP contribution in [0.2, 0.25) is 0 Å². The van der Waals surface area contributed by atoms with Gasteiger partial charge in [0.05, 0.1) is 5.75 Å². The van der Waals surface area contributed by atoms with Crippen molar-refractivity contribution in [2.24, 2.45) is 0 Å². The SMILES string of the molecule is O=S1(=O)CCNc2sccc21. The first kappa shape index (κ1) is 7.12. The van der Waals surface area contributed by atoms with E-state index >= 15 is 0 Å². The molecule has 0 saturated carbocycles. The molecule has 0 amide bonds. The summed E-state index contributed by atoms with van der Waals surface area (Å²) in [5, 5.41) is 5.62. The van der Waals surface area contributed by atoms with Crippen LogP contribution >= 0.6 is 11.3 Å². The van der Waals surface area contributed by atoms with Crippen molar-refractivity contribution in [1.29, 1.82) is 0 Å². The third kappa shape index (κ3) is 1.04. The molecule has 2 heterocycles. The van der Waals surface area contributed by atoms with Crippen molar-refractivity contribution in [1.82, 2.24) is 0 Å². The molecular formula is C6H7NO2S2. The zero-order chi connectivity index (χ0) is 7.90. The van der Waals surface area contributed by atoms with Gasteiger partial charge in [0.15, 0.2) is 9.84 Å². The third-order valence-corrected chi connectivity index (χ3v) is 4.37. The summed E-state index contributed by atoms with van der Waals surface area (Å²) in [6.07, 6.45) is 0. The van der Waals surface area contributed by atoms with Crippen LogP contribution in [-0.2, 0) is 9.84 Å². The van der Waals surface area contributed by atoms with Gasteiger partial charge in [-0.2, -0.15) is 0 Å². The van der Waals surface area contributed by atoms with Crippen molar-refractivity contribution in [3.8, 4) is 0 Å². The van der Waals surface area contributed by atoms with E-state index in [1.54, 1.807) is 11.4 Å². The van der Waals surface area contributed by atoms with Gasteiger partial charge in [-0.05, 0) is 11.4 Å². The molecule has 1 aromatic heterocycles. The number of thiophene rings is 1. The van der Waals surface area contributed by atoms with Gasteiger partial charge in [-0.1, -0.05) is 0 Å². The van der Waals surface area contributed by atoms with Gasteiger partial charge in [0.2, 0.25) is 0 Å². The second-order valence-electron chi connectivity index (χ2n) is 2.36. The van der Waals surface area contributed by atoms with Gasteiger partial charge in [0.25, 0.3) is 0 Å². The lowest BCUT2D eigenvalue weighted by Gasteiger charge is -2.13. The molecule has 0 atom stereocenters. The quantitative estimate of drug-likeness (QED) is 0.661. The van der Waals surface area contributed by atoms with Crippen LogP contribution in [0.15, 0.2) is 16.3 Å². The Labute approximate surface area is 69.0 Å². The summed E-state index contributed by atoms with van der Waals surface area (Å²) in [7, 11) is -2.95. The summed E-state index contributed by atoms with van der Waals surface area (Å²) in [4.78, 5) is 0.466. The molecule has 60 valence electrons. The highest BCUT2D eigenvalue weighted by atomic mass is 32.2. The summed E-state index contributed by atoms with van der Waals surface area (Å²) in [6, 6.07) is 1.65. The standard InChI is InChI=1S/C6H7NO2S2/c8-11(9)4-2-7-6-5(11)1-3-10-6/h1,3,7H,2,4H2. The van der Waals surface area contributed by atoms with E-state index in [4.69, 9.17) is 0 Å². The number of anilines is 1. The highest BCUT2D eigenvalue weighted by Gasteiger charge is 2.23. The molecule has 0 saturated heterocycles. The predicted octanol–water partition coefficient (Wildman–Crippen LogP) is 0.947. The van der Waals surface area contributed by atoms with Crippen molar-refractivity contribution in [2.45, 2.75) is 4.90 Å². The normalized spacial score (nSPS) is 20.4. The zero-order valence-corrected chi connectivity index (χ0v) is 7.33. The Bertz CT molecular complexity index is 366. The Morgan fingerprint density at radius 1 is 1.55 bits per heavy atom. The molecule has 5 heteroatoms. The molecule has 0 spiro atoms. The number of hydrogen-bond acceptors (Lipinski definition) is 4. The Kier molecular flexibility index (Phi) is 1.43. The smallest absolute Gasteiger partial charge is 0.183 e. The molecule has 1 aliphatic rings. The van der Waals surface area contributed by atoms with E-state index in [1.165, 1.54) is 11.3 Å². The van der Waals surface area contributed by atoms with Crippen LogP contribution < -0.4 is 5.32 Å². The van der Waals surface area contributed by atoms with Gasteiger partial charge in [0.1, 0.15) is 9.90 Å². The van der Waals surface area contributed by atoms with Crippen LogP contribution in [0.4, 0.5) is 5.00 Å². The lowest BCUT2D eigenvalue weighted by Crippen LogP contribution is -2.21. The van der Waals surface area contributed by atoms with E-state index in [9.17, 15) is 8.42 Å². The van der Waals surface area contributed by atoms with Crippen molar-refractivity contribution in [3.05, 3.63) is 11.4 Å². The number of rotatable bonds is 0. The summed E-state index contributed by atoms with van der Waals surface area (Å²) in [5.74, 6) is 0.219. The van der Waals surface area contributed by atoms with Gasteiger partial charge in [-0.25, -0.2) is 8.42 Å². The zero-order valence-electron chi connectivity index (χ0n) is 5.70. The Morgan fingerprint density at radius 3 is 3.09 bits per heavy atom. The first-order valence-electron chi connectivity index (χ1n) is 3.24. The average molecular weight is 189 g/mol. The molecule has 1 N–H and O–H groups in total. The number of fused-ring (bicyclic) bond motifs is 1. The first-order chi connectivity index (χ1) is 5.20. The van der Waals surface area contributed by atoms with Gasteiger partial charge in [0, 0.05) is 6.54 Å². The third-order valence-electron chi connectivity index (χ3n) is 1.62. The molecular weight excluding hydrogens is 182 g/mol. The van der Waals surface area contributed by atoms with Gasteiger partial charge in [-0.15, -0.1) is 11.3 Å². The Balaban J connectivity index is 2.66. The molecule has 0 bridgehead atoms. The fraction of sp³-hybridized carbons (Fsp3) is 0.333. The minimum atomic E-state index is -2.95. The van der Waals surface area contributed by atoms with Crippen LogP contribution in [0.5, 0.6) is 0 Å². The average Bonchev–Trinajstić information content (AvgIpc) is 2.34. The molecule has 0 aromatic carbocycles. The maximum atomic E-state index is 11.3. The van der Waals surface area contributed by atoms with Crippen molar-refractivity contribution in [3.63, 3.8) is 0 Å². The molecule has 1 aromatic rings. The summed E-state index contributed by atoms with van der Waals surface area (Å²) in [5.41, 5.74) is 0. The molecule has 0 fully saturated rings. The lowest BCUT2D eigenvalue weighted by molar-refractivity contribution is 0.595. The second-order valence-corrected chi connectivity index (χ2v) is 5.35. The highest BCUT2D eigenvalue weighted by Crippen LogP contribution is 2.30. The molecule has 2 rings (SSSR count). The number of hydrogen-bond donors (Lipinski definition) is 1. The fourth-order valence-corrected chi connectivity index (χ4v) is 3.62. The minimum absolute atomic E-state index is 0.219. The molecule has 0 radical (unpaired) electrons. The van der Waals surface area contributed by atoms with E-state index in [1.807, 2.05) is 0 Å². The monoisotopic (exact) mass is 189 g/mol. The molecule has 3 nitrogen and oxygen atoms in total. The maximum absolute atomic E-state index is 11.3. The molecule has 11 heavy (non-hydrogen) atoms. The van der Waals surface area contributed by atoms with Crippen molar-refractivity contribution < 1.29 is 8.42 Å². The number of nitrogens with one attached hydrogen (secondary N) is 1. The lowest BCUT2D eigenvalue weighted by atomic mass is 10.6. The summed E-state index contributed by atoms with van der Waals surface area (Å²) in [6.45, 7) is 0.538. The van der Waals surface area contributed by atoms with Crippen LogP contribution in [0.25, 0.3) is 0 Å². The molecule has 0 aliphatic carbocycles. The van der Waals surface area contributed by atoms with Gasteiger partial charge >= 0.3 is 0 Å². The van der Waals surface area contributed by atoms with Crippen molar-refractivity contribution in [2.75, 3.05) is 17.6 Å². The molecule has 0 unspecified atom stereocenters. The van der Waals surface area contributed by atoms with E-state index in [2.05, 4.69) is 5.32 Å². The Morgan fingerprint density at radius 2 is 2.36 bits per heavy atom. The summed E-state index contributed by atoms with van der Waals surface area (Å²) < 4.78 is 22.6. The van der Waals surface area contributed by atoms with Gasteiger partial charge < -0.3 is 5.32 Å². The van der Waals surface area contributed by atoms with Crippen molar-refractivity contribution >= 4 is 26.2 Å². The van der Waals surface area contributed by atoms with Crippen LogP contribution in [-0.4, -0.2) is 20.7 Å². The molecule has 1 aliphatic heterocycles. The summed E-state index contributed by atoms with van der Waals surface area (Å²) >= 11 is 1.44. The predicted molar refractivity (Wildman–Crippen MR) is 44.9 cm³/mol. The van der Waals surface area contributed by atoms with Crippen LogP contribution in [0, 0.1) is 0 Å². The first-order valence-corrected chi connectivity index (χ1v) is 5.77.